The van der Waals surface area contributed by atoms with Gasteiger partial charge in [0.15, 0.2) is 0 Å². The van der Waals surface area contributed by atoms with Crippen molar-refractivity contribution in [2.45, 2.75) is 23.5 Å². The van der Waals surface area contributed by atoms with Crippen LogP contribution in [0.4, 0.5) is 4.39 Å². The summed E-state index contributed by atoms with van der Waals surface area (Å²) in [5.74, 6) is -0.502. The normalized spacial score (nSPS) is 14.9. The van der Waals surface area contributed by atoms with E-state index in [-0.39, 0.29) is 10.3 Å². The highest BCUT2D eigenvalue weighted by Crippen LogP contribution is 2.20. The van der Waals surface area contributed by atoms with Crippen molar-refractivity contribution in [3.8, 4) is 0 Å². The predicted octanol–water partition coefficient (Wildman–Crippen LogP) is 2.32. The Hall–Kier alpha value is -0.450. The van der Waals surface area contributed by atoms with Crippen LogP contribution < -0.4 is 5.73 Å². The summed E-state index contributed by atoms with van der Waals surface area (Å²) in [5.41, 5.74) is 5.49. The molecule has 0 spiro atoms. The molecule has 2 atom stereocenters. The first-order valence-corrected chi connectivity index (χ1v) is 6.25. The van der Waals surface area contributed by atoms with Gasteiger partial charge in [0, 0.05) is 11.4 Å². The molecule has 1 aromatic carbocycles. The van der Waals surface area contributed by atoms with Crippen LogP contribution in [0.3, 0.4) is 0 Å². The van der Waals surface area contributed by atoms with Crippen molar-refractivity contribution in [3.05, 3.63) is 29.0 Å². The number of hydrogen-bond acceptors (Lipinski definition) is 2. The van der Waals surface area contributed by atoms with E-state index in [1.54, 1.807) is 0 Å². The SMILES string of the molecule is CCC(CN)S(=O)c1ccc(F)c(Cl)c1. The molecule has 0 aliphatic rings. The molecule has 2 unspecified atom stereocenters. The highest BCUT2D eigenvalue weighted by molar-refractivity contribution is 7.85. The first kappa shape index (κ1) is 12.6. The Kier molecular flexibility index (Phi) is 4.70. The minimum Gasteiger partial charge on any atom is -0.329 e. The Labute approximate surface area is 96.1 Å². The van der Waals surface area contributed by atoms with Gasteiger partial charge in [-0.3, -0.25) is 4.21 Å². The zero-order valence-corrected chi connectivity index (χ0v) is 9.95. The molecule has 0 heterocycles. The molecule has 2 N–H and O–H groups in total. The Bertz CT molecular complexity index is 368. The van der Waals surface area contributed by atoms with Crippen LogP contribution >= 0.6 is 11.6 Å². The Morgan fingerprint density at radius 1 is 1.60 bits per heavy atom. The molecule has 0 amide bonds. The monoisotopic (exact) mass is 249 g/mol. The van der Waals surface area contributed by atoms with Crippen molar-refractivity contribution in [2.75, 3.05) is 6.54 Å². The summed E-state index contributed by atoms with van der Waals surface area (Å²) in [4.78, 5) is 0.527. The van der Waals surface area contributed by atoms with E-state index in [0.29, 0.717) is 11.4 Å². The van der Waals surface area contributed by atoms with Gasteiger partial charge in [-0.1, -0.05) is 18.5 Å². The molecular formula is C10H13ClFNOS. The van der Waals surface area contributed by atoms with Crippen LogP contribution in [-0.4, -0.2) is 16.0 Å². The third-order valence-electron chi connectivity index (χ3n) is 2.14. The molecule has 0 aliphatic carbocycles. The lowest BCUT2D eigenvalue weighted by Crippen LogP contribution is -2.24. The van der Waals surface area contributed by atoms with Gasteiger partial charge in [-0.25, -0.2) is 4.39 Å². The number of hydrogen-bond donors (Lipinski definition) is 1. The van der Waals surface area contributed by atoms with Crippen LogP contribution in [0.1, 0.15) is 13.3 Å². The van der Waals surface area contributed by atoms with Gasteiger partial charge in [-0.2, -0.15) is 0 Å². The van der Waals surface area contributed by atoms with Gasteiger partial charge in [-0.15, -0.1) is 0 Å². The second kappa shape index (κ2) is 5.58. The summed E-state index contributed by atoms with van der Waals surface area (Å²) in [6, 6.07) is 4.10. The molecule has 5 heteroatoms. The summed E-state index contributed by atoms with van der Waals surface area (Å²) in [7, 11) is -1.22. The van der Waals surface area contributed by atoms with Crippen molar-refractivity contribution >= 4 is 22.4 Å². The Balaban J connectivity index is 2.96. The Morgan fingerprint density at radius 3 is 2.73 bits per heavy atom. The standard InChI is InChI=1S/C10H13ClFNOS/c1-2-7(6-13)15(14)8-3-4-10(12)9(11)5-8/h3-5,7H,2,6,13H2,1H3. The highest BCUT2D eigenvalue weighted by Gasteiger charge is 2.15. The summed E-state index contributed by atoms with van der Waals surface area (Å²) in [5, 5.41) is -0.112. The zero-order chi connectivity index (χ0) is 11.4. The van der Waals surface area contributed by atoms with E-state index in [9.17, 15) is 8.60 Å². The van der Waals surface area contributed by atoms with Crippen molar-refractivity contribution in [1.29, 1.82) is 0 Å². The summed E-state index contributed by atoms with van der Waals surface area (Å²) >= 11 is 5.61. The van der Waals surface area contributed by atoms with Crippen LogP contribution in [0.5, 0.6) is 0 Å². The molecule has 0 bridgehead atoms. The van der Waals surface area contributed by atoms with Gasteiger partial charge < -0.3 is 5.73 Å². The second-order valence-electron chi connectivity index (χ2n) is 3.14. The van der Waals surface area contributed by atoms with Crippen molar-refractivity contribution in [3.63, 3.8) is 0 Å². The fraction of sp³-hybridized carbons (Fsp3) is 0.400. The van der Waals surface area contributed by atoms with Gasteiger partial charge in [0.2, 0.25) is 0 Å². The molecule has 0 fully saturated rings. The second-order valence-corrected chi connectivity index (χ2v) is 5.28. The van der Waals surface area contributed by atoms with E-state index < -0.39 is 16.6 Å². The number of halogens is 2. The maximum Gasteiger partial charge on any atom is 0.141 e. The van der Waals surface area contributed by atoms with Crippen LogP contribution in [-0.2, 0) is 10.8 Å². The summed E-state index contributed by atoms with van der Waals surface area (Å²) in [6.45, 7) is 2.26. The molecule has 2 nitrogen and oxygen atoms in total. The molecule has 1 rings (SSSR count). The summed E-state index contributed by atoms with van der Waals surface area (Å²) in [6.07, 6.45) is 0.720. The molecule has 84 valence electrons. The first-order valence-electron chi connectivity index (χ1n) is 4.65. The van der Waals surface area contributed by atoms with Crippen LogP contribution in [0.15, 0.2) is 23.1 Å². The van der Waals surface area contributed by atoms with Gasteiger partial charge in [0.1, 0.15) is 5.82 Å². The molecule has 0 saturated heterocycles. The highest BCUT2D eigenvalue weighted by atomic mass is 35.5. The minimum atomic E-state index is -1.22. The molecular weight excluding hydrogens is 237 g/mol. The van der Waals surface area contributed by atoms with Crippen molar-refractivity contribution in [1.82, 2.24) is 0 Å². The number of benzene rings is 1. The number of rotatable bonds is 4. The lowest BCUT2D eigenvalue weighted by Gasteiger charge is -2.12. The van der Waals surface area contributed by atoms with Crippen LogP contribution in [0.2, 0.25) is 5.02 Å². The lowest BCUT2D eigenvalue weighted by atomic mass is 10.3. The smallest absolute Gasteiger partial charge is 0.141 e. The number of nitrogens with two attached hydrogens (primary N) is 1. The minimum absolute atomic E-state index is 0.00674. The molecule has 15 heavy (non-hydrogen) atoms. The molecule has 0 radical (unpaired) electrons. The molecule has 0 aliphatic heterocycles. The van der Waals surface area contributed by atoms with E-state index in [4.69, 9.17) is 17.3 Å². The van der Waals surface area contributed by atoms with E-state index in [2.05, 4.69) is 0 Å². The predicted molar refractivity (Wildman–Crippen MR) is 61.0 cm³/mol. The van der Waals surface area contributed by atoms with Gasteiger partial charge in [0.25, 0.3) is 0 Å². The largest absolute Gasteiger partial charge is 0.329 e. The maximum atomic E-state index is 12.9. The molecule has 0 aromatic heterocycles. The van der Waals surface area contributed by atoms with E-state index in [1.807, 2.05) is 6.92 Å². The lowest BCUT2D eigenvalue weighted by molar-refractivity contribution is 0.626. The quantitative estimate of drug-likeness (QED) is 0.890. The fourth-order valence-corrected chi connectivity index (χ4v) is 2.74. The fourth-order valence-electron chi connectivity index (χ4n) is 1.20. The van der Waals surface area contributed by atoms with E-state index in [0.717, 1.165) is 6.42 Å². The molecule has 0 saturated carbocycles. The topological polar surface area (TPSA) is 43.1 Å². The van der Waals surface area contributed by atoms with Crippen LogP contribution in [0, 0.1) is 5.82 Å². The van der Waals surface area contributed by atoms with Gasteiger partial charge in [-0.05, 0) is 24.6 Å². The van der Waals surface area contributed by atoms with Gasteiger partial charge in [0.05, 0.1) is 21.1 Å². The Morgan fingerprint density at radius 2 is 2.27 bits per heavy atom. The van der Waals surface area contributed by atoms with Gasteiger partial charge >= 0.3 is 0 Å². The average molecular weight is 250 g/mol. The molecule has 1 aromatic rings. The van der Waals surface area contributed by atoms with Crippen LogP contribution in [0.25, 0.3) is 0 Å². The third kappa shape index (κ3) is 3.00. The third-order valence-corrected chi connectivity index (χ3v) is 4.28. The summed E-state index contributed by atoms with van der Waals surface area (Å²) < 4.78 is 24.8. The van der Waals surface area contributed by atoms with E-state index >= 15 is 0 Å². The van der Waals surface area contributed by atoms with Crippen molar-refractivity contribution < 1.29 is 8.60 Å². The average Bonchev–Trinajstić information content (AvgIpc) is 2.23. The maximum absolute atomic E-state index is 12.9. The van der Waals surface area contributed by atoms with Crippen molar-refractivity contribution in [2.24, 2.45) is 5.73 Å². The van der Waals surface area contributed by atoms with E-state index in [1.165, 1.54) is 18.2 Å². The zero-order valence-electron chi connectivity index (χ0n) is 8.37. The first-order chi connectivity index (χ1) is 7.10.